The third-order valence-corrected chi connectivity index (χ3v) is 5.48. The topological polar surface area (TPSA) is 95.9 Å². The number of carboxylic acid groups (broad SMARTS) is 1. The standard InChI is InChI=1S/C17H12N2O5S3/c20-14(21)9-24-11-5-2-1-4-10(11)8-13-16(23)19(17(25)27-13)18-15(22)12-6-3-7-26-12/h1-8H,9H2,(H,18,22)(H,20,21)/b13-8-. The zero-order chi connectivity index (χ0) is 19.4. The predicted molar refractivity (Wildman–Crippen MR) is 106 cm³/mol. The predicted octanol–water partition coefficient (Wildman–Crippen LogP) is 2.76. The average molecular weight is 420 g/mol. The molecule has 27 heavy (non-hydrogen) atoms. The second-order valence-corrected chi connectivity index (χ2v) is 7.78. The van der Waals surface area contributed by atoms with Gasteiger partial charge in [-0.2, -0.15) is 5.01 Å². The van der Waals surface area contributed by atoms with E-state index in [1.807, 2.05) is 0 Å². The van der Waals surface area contributed by atoms with Gasteiger partial charge in [0.2, 0.25) is 0 Å². The maximum atomic E-state index is 12.6. The van der Waals surface area contributed by atoms with Crippen molar-refractivity contribution in [1.82, 2.24) is 10.4 Å². The van der Waals surface area contributed by atoms with E-state index in [1.54, 1.807) is 47.9 Å². The van der Waals surface area contributed by atoms with Crippen LogP contribution in [0.5, 0.6) is 5.75 Å². The lowest BCUT2D eigenvalue weighted by molar-refractivity contribution is -0.139. The molecular weight excluding hydrogens is 408 g/mol. The first kappa shape index (κ1) is 19.1. The van der Waals surface area contributed by atoms with Gasteiger partial charge in [0, 0.05) is 5.56 Å². The summed E-state index contributed by atoms with van der Waals surface area (Å²) in [4.78, 5) is 36.2. The monoisotopic (exact) mass is 420 g/mol. The summed E-state index contributed by atoms with van der Waals surface area (Å²) in [7, 11) is 0. The second kappa shape index (κ2) is 8.33. The van der Waals surface area contributed by atoms with Gasteiger partial charge < -0.3 is 9.84 Å². The number of thiophene rings is 1. The van der Waals surface area contributed by atoms with Crippen LogP contribution < -0.4 is 10.2 Å². The molecule has 1 aliphatic rings. The van der Waals surface area contributed by atoms with E-state index in [2.05, 4.69) is 5.43 Å². The first-order valence-corrected chi connectivity index (χ1v) is 9.62. The Morgan fingerprint density at radius 1 is 1.26 bits per heavy atom. The Balaban J connectivity index is 1.78. The van der Waals surface area contributed by atoms with E-state index in [4.69, 9.17) is 22.1 Å². The molecule has 0 aliphatic carbocycles. The van der Waals surface area contributed by atoms with Gasteiger partial charge in [-0.25, -0.2) is 4.79 Å². The van der Waals surface area contributed by atoms with Crippen molar-refractivity contribution < 1.29 is 24.2 Å². The lowest BCUT2D eigenvalue weighted by Gasteiger charge is -2.14. The molecule has 1 saturated heterocycles. The van der Waals surface area contributed by atoms with E-state index in [0.717, 1.165) is 16.8 Å². The molecule has 0 bridgehead atoms. The van der Waals surface area contributed by atoms with Gasteiger partial charge in [-0.3, -0.25) is 15.0 Å². The van der Waals surface area contributed by atoms with Crippen molar-refractivity contribution in [2.45, 2.75) is 0 Å². The molecule has 0 spiro atoms. The number of carbonyl (C=O) groups is 3. The van der Waals surface area contributed by atoms with E-state index in [9.17, 15) is 14.4 Å². The fourth-order valence-electron chi connectivity index (χ4n) is 2.14. The number of nitrogens with zero attached hydrogens (tertiary/aromatic N) is 1. The molecule has 0 saturated carbocycles. The number of carboxylic acids is 1. The van der Waals surface area contributed by atoms with Crippen LogP contribution in [0.1, 0.15) is 15.2 Å². The van der Waals surface area contributed by atoms with Crippen molar-refractivity contribution in [2.75, 3.05) is 6.61 Å². The summed E-state index contributed by atoms with van der Waals surface area (Å²) in [5, 5.41) is 11.5. The second-order valence-electron chi connectivity index (χ2n) is 5.16. The number of carbonyl (C=O) groups excluding carboxylic acids is 2. The van der Waals surface area contributed by atoms with Gasteiger partial charge in [-0.05, 0) is 35.8 Å². The number of hydrogen-bond acceptors (Lipinski definition) is 7. The van der Waals surface area contributed by atoms with Crippen molar-refractivity contribution >= 4 is 63.5 Å². The molecule has 0 atom stereocenters. The number of benzene rings is 1. The Kier molecular flexibility index (Phi) is 5.89. The first-order valence-electron chi connectivity index (χ1n) is 7.52. The van der Waals surface area contributed by atoms with Gasteiger partial charge >= 0.3 is 5.97 Å². The summed E-state index contributed by atoms with van der Waals surface area (Å²) in [6.45, 7) is -0.497. The van der Waals surface area contributed by atoms with Crippen LogP contribution in [0.2, 0.25) is 0 Å². The molecule has 1 aliphatic heterocycles. The Morgan fingerprint density at radius 3 is 2.74 bits per heavy atom. The Bertz CT molecular complexity index is 940. The summed E-state index contributed by atoms with van der Waals surface area (Å²) < 4.78 is 5.43. The van der Waals surface area contributed by atoms with Crippen LogP contribution in [0, 0.1) is 0 Å². The number of thiocarbonyl (C=S) groups is 1. The van der Waals surface area contributed by atoms with Crippen LogP contribution >= 0.6 is 35.3 Å². The lowest BCUT2D eigenvalue weighted by Crippen LogP contribution is -2.44. The molecular formula is C17H12N2O5S3. The number of hydrazine groups is 1. The van der Waals surface area contributed by atoms with Gasteiger partial charge in [-0.1, -0.05) is 36.0 Å². The van der Waals surface area contributed by atoms with Gasteiger partial charge in [0.1, 0.15) is 5.75 Å². The third kappa shape index (κ3) is 4.54. The van der Waals surface area contributed by atoms with E-state index in [1.165, 1.54) is 11.3 Å². The number of para-hydroxylation sites is 1. The minimum Gasteiger partial charge on any atom is -0.481 e. The number of nitrogens with one attached hydrogen (secondary N) is 1. The maximum Gasteiger partial charge on any atom is 0.341 e. The zero-order valence-corrected chi connectivity index (χ0v) is 16.0. The molecule has 0 unspecified atom stereocenters. The quantitative estimate of drug-likeness (QED) is 0.548. The summed E-state index contributed by atoms with van der Waals surface area (Å²) in [6, 6.07) is 10.1. The van der Waals surface area contributed by atoms with Crippen LogP contribution in [0.25, 0.3) is 6.08 Å². The number of hydrogen-bond donors (Lipinski definition) is 2. The molecule has 2 heterocycles. The summed E-state index contributed by atoms with van der Waals surface area (Å²) in [6.07, 6.45) is 1.55. The van der Waals surface area contributed by atoms with Gasteiger partial charge in [-0.15, -0.1) is 11.3 Å². The molecule has 138 valence electrons. The maximum absolute atomic E-state index is 12.6. The van der Waals surface area contributed by atoms with Gasteiger partial charge in [0.15, 0.2) is 10.9 Å². The Labute approximate surface area is 167 Å². The molecule has 2 N–H and O–H groups in total. The highest BCUT2D eigenvalue weighted by Gasteiger charge is 2.34. The van der Waals surface area contributed by atoms with Crippen molar-refractivity contribution in [2.24, 2.45) is 0 Å². The number of thioether (sulfide) groups is 1. The molecule has 3 rings (SSSR count). The third-order valence-electron chi connectivity index (χ3n) is 3.31. The minimum absolute atomic E-state index is 0.195. The smallest absolute Gasteiger partial charge is 0.341 e. The minimum atomic E-state index is -1.10. The average Bonchev–Trinajstić information content (AvgIpc) is 3.26. The molecule has 1 aromatic carbocycles. The summed E-state index contributed by atoms with van der Waals surface area (Å²) in [5.74, 6) is -1.67. The van der Waals surface area contributed by atoms with Crippen molar-refractivity contribution in [1.29, 1.82) is 0 Å². The highest BCUT2D eigenvalue weighted by molar-refractivity contribution is 8.26. The van der Waals surface area contributed by atoms with Crippen LogP contribution in [0.3, 0.4) is 0 Å². The van der Waals surface area contributed by atoms with Crippen LogP contribution in [0.15, 0.2) is 46.7 Å². The molecule has 10 heteroatoms. The number of ether oxygens (including phenoxy) is 1. The van der Waals surface area contributed by atoms with Crippen molar-refractivity contribution in [3.8, 4) is 5.75 Å². The first-order chi connectivity index (χ1) is 13.0. The Morgan fingerprint density at radius 2 is 2.04 bits per heavy atom. The normalized spacial score (nSPS) is 15.3. The van der Waals surface area contributed by atoms with E-state index in [-0.39, 0.29) is 9.23 Å². The summed E-state index contributed by atoms with van der Waals surface area (Å²) in [5.41, 5.74) is 3.03. The van der Waals surface area contributed by atoms with E-state index < -0.39 is 24.4 Å². The SMILES string of the molecule is O=C(O)COc1ccccc1/C=C1\SC(=S)N(NC(=O)c2cccs2)C1=O. The molecule has 1 aromatic heterocycles. The highest BCUT2D eigenvalue weighted by Crippen LogP contribution is 2.33. The van der Waals surface area contributed by atoms with Crippen molar-refractivity contribution in [3.05, 3.63) is 57.1 Å². The lowest BCUT2D eigenvalue weighted by atomic mass is 10.2. The number of rotatable bonds is 6. The van der Waals surface area contributed by atoms with E-state index in [0.29, 0.717) is 16.2 Å². The number of amides is 2. The Hall–Kier alpha value is -2.69. The van der Waals surface area contributed by atoms with Gasteiger partial charge in [0.25, 0.3) is 11.8 Å². The van der Waals surface area contributed by atoms with Gasteiger partial charge in [0.05, 0.1) is 9.78 Å². The van der Waals surface area contributed by atoms with Crippen LogP contribution in [-0.2, 0) is 9.59 Å². The molecule has 7 nitrogen and oxygen atoms in total. The van der Waals surface area contributed by atoms with Crippen LogP contribution in [-0.4, -0.2) is 38.8 Å². The number of aliphatic carboxylic acids is 1. The molecule has 0 radical (unpaired) electrons. The zero-order valence-electron chi connectivity index (χ0n) is 13.6. The highest BCUT2D eigenvalue weighted by atomic mass is 32.2. The fourth-order valence-corrected chi connectivity index (χ4v) is 3.92. The molecule has 2 aromatic rings. The van der Waals surface area contributed by atoms with Crippen LogP contribution in [0.4, 0.5) is 0 Å². The molecule has 1 fully saturated rings. The largest absolute Gasteiger partial charge is 0.481 e. The van der Waals surface area contributed by atoms with Crippen molar-refractivity contribution in [3.63, 3.8) is 0 Å². The van der Waals surface area contributed by atoms with E-state index >= 15 is 0 Å². The summed E-state index contributed by atoms with van der Waals surface area (Å²) >= 11 is 7.47. The fraction of sp³-hybridized carbons (Fsp3) is 0.0588. The molecule has 2 amide bonds.